The maximum atomic E-state index is 13.3. The van der Waals surface area contributed by atoms with Crippen molar-refractivity contribution in [2.45, 2.75) is 32.7 Å². The predicted molar refractivity (Wildman–Crippen MR) is 96.3 cm³/mol. The van der Waals surface area contributed by atoms with Crippen molar-refractivity contribution >= 4 is 16.8 Å². The van der Waals surface area contributed by atoms with Gasteiger partial charge in [-0.3, -0.25) is 9.78 Å². The van der Waals surface area contributed by atoms with Gasteiger partial charge >= 0.3 is 0 Å². The number of rotatable bonds is 1. The Morgan fingerprint density at radius 1 is 1.17 bits per heavy atom. The third-order valence-corrected chi connectivity index (χ3v) is 5.63. The van der Waals surface area contributed by atoms with Gasteiger partial charge in [-0.25, -0.2) is 0 Å². The zero-order valence-electron chi connectivity index (χ0n) is 14.7. The van der Waals surface area contributed by atoms with Gasteiger partial charge in [-0.1, -0.05) is 18.2 Å². The molecule has 0 unspecified atom stereocenters. The van der Waals surface area contributed by atoms with Crippen LogP contribution in [0.5, 0.6) is 0 Å². The molecular weight excluding hydrogens is 298 g/mol. The first-order chi connectivity index (χ1) is 11.5. The van der Waals surface area contributed by atoms with Crippen LogP contribution in [0.4, 0.5) is 0 Å². The summed E-state index contributed by atoms with van der Waals surface area (Å²) in [7, 11) is 2.17. The average molecular weight is 323 g/mol. The highest BCUT2D eigenvalue weighted by atomic mass is 16.2. The third-order valence-electron chi connectivity index (χ3n) is 5.63. The number of hydrogen-bond acceptors (Lipinski definition) is 3. The Morgan fingerprint density at radius 3 is 2.83 bits per heavy atom. The minimum Gasteiger partial charge on any atom is -0.334 e. The lowest BCUT2D eigenvalue weighted by Crippen LogP contribution is -2.47. The lowest BCUT2D eigenvalue weighted by Gasteiger charge is -2.36. The zero-order chi connectivity index (χ0) is 16.8. The number of carbonyl (C=O) groups excluding carboxylic acids is 1. The van der Waals surface area contributed by atoms with Crippen LogP contribution in [0.3, 0.4) is 0 Å². The second-order valence-corrected chi connectivity index (χ2v) is 7.54. The summed E-state index contributed by atoms with van der Waals surface area (Å²) in [5.41, 5.74) is 3.77. The fourth-order valence-corrected chi connectivity index (χ4v) is 4.38. The van der Waals surface area contributed by atoms with Crippen molar-refractivity contribution in [2.24, 2.45) is 5.92 Å². The fraction of sp³-hybridized carbons (Fsp3) is 0.500. The summed E-state index contributed by atoms with van der Waals surface area (Å²) in [6.45, 7) is 7.01. The van der Waals surface area contributed by atoms with Crippen molar-refractivity contribution in [2.75, 3.05) is 26.7 Å². The number of aromatic nitrogens is 1. The minimum absolute atomic E-state index is 0.161. The Morgan fingerprint density at radius 2 is 2.00 bits per heavy atom. The van der Waals surface area contributed by atoms with Crippen molar-refractivity contribution in [3.8, 4) is 0 Å². The smallest absolute Gasteiger partial charge is 0.256 e. The zero-order valence-corrected chi connectivity index (χ0v) is 14.7. The molecule has 2 atom stereocenters. The summed E-state index contributed by atoms with van der Waals surface area (Å²) in [5.74, 6) is 0.766. The van der Waals surface area contributed by atoms with E-state index >= 15 is 0 Å². The number of nitrogens with zero attached hydrogens (tertiary/aromatic N) is 3. The lowest BCUT2D eigenvalue weighted by molar-refractivity contribution is 0.0586. The van der Waals surface area contributed by atoms with Crippen LogP contribution >= 0.6 is 0 Å². The van der Waals surface area contributed by atoms with Gasteiger partial charge in [0.1, 0.15) is 0 Å². The number of para-hydroxylation sites is 1. The van der Waals surface area contributed by atoms with E-state index in [2.05, 4.69) is 29.8 Å². The van der Waals surface area contributed by atoms with Gasteiger partial charge in [0.15, 0.2) is 0 Å². The second-order valence-electron chi connectivity index (χ2n) is 7.54. The molecule has 0 N–H and O–H groups in total. The number of piperidine rings is 1. The SMILES string of the molecule is Cc1nc2c(C)cccc2cc1C(=O)N1C[C@H]2CC[C@@H]1CN(C)C2. The number of pyridine rings is 1. The number of aryl methyl sites for hydroxylation is 2. The number of fused-ring (bicyclic) bond motifs is 5. The molecule has 2 aromatic rings. The number of benzene rings is 1. The van der Waals surface area contributed by atoms with Crippen LogP contribution in [-0.4, -0.2) is 53.4 Å². The van der Waals surface area contributed by atoms with Gasteiger partial charge in [-0.15, -0.1) is 0 Å². The van der Waals surface area contributed by atoms with Gasteiger partial charge in [-0.2, -0.15) is 0 Å². The van der Waals surface area contributed by atoms with E-state index in [1.54, 1.807) is 0 Å². The molecule has 1 aromatic carbocycles. The van der Waals surface area contributed by atoms with E-state index in [4.69, 9.17) is 4.98 Å². The molecule has 4 heteroatoms. The molecule has 4 nitrogen and oxygen atoms in total. The summed E-state index contributed by atoms with van der Waals surface area (Å²) >= 11 is 0. The molecule has 1 aromatic heterocycles. The Balaban J connectivity index is 1.72. The molecule has 4 heterocycles. The summed E-state index contributed by atoms with van der Waals surface area (Å²) < 4.78 is 0. The van der Waals surface area contributed by atoms with E-state index < -0.39 is 0 Å². The molecule has 5 rings (SSSR count). The van der Waals surface area contributed by atoms with Crippen LogP contribution in [-0.2, 0) is 0 Å². The van der Waals surface area contributed by atoms with Crippen molar-refractivity contribution in [1.29, 1.82) is 0 Å². The van der Waals surface area contributed by atoms with Crippen LogP contribution < -0.4 is 0 Å². The van der Waals surface area contributed by atoms with Gasteiger partial charge in [0.25, 0.3) is 5.91 Å². The summed E-state index contributed by atoms with van der Waals surface area (Å²) in [6.07, 6.45) is 2.37. The molecule has 2 bridgehead atoms. The summed E-state index contributed by atoms with van der Waals surface area (Å²) in [5, 5.41) is 1.06. The fourth-order valence-electron chi connectivity index (χ4n) is 4.38. The Bertz CT molecular complexity index is 801. The number of carbonyl (C=O) groups is 1. The highest BCUT2D eigenvalue weighted by molar-refractivity contribution is 5.99. The van der Waals surface area contributed by atoms with E-state index in [1.165, 1.54) is 6.42 Å². The average Bonchev–Trinajstić information content (AvgIpc) is 2.83. The molecule has 0 aliphatic carbocycles. The van der Waals surface area contributed by atoms with Gasteiger partial charge in [0.05, 0.1) is 16.8 Å². The molecule has 126 valence electrons. The summed E-state index contributed by atoms with van der Waals surface area (Å²) in [4.78, 5) is 22.5. The molecule has 0 saturated carbocycles. The standard InChI is InChI=1S/C20H25N3O/c1-13-5-4-6-16-9-18(14(2)21-19(13)16)20(24)23-11-15-7-8-17(23)12-22(3)10-15/h4-6,9,15,17H,7-8,10-12H2,1-3H3/t15-,17+/m0/s1. The third kappa shape index (κ3) is 2.59. The molecule has 0 spiro atoms. The van der Waals surface area contributed by atoms with Crippen LogP contribution in [0.1, 0.15) is 34.5 Å². The number of hydrogen-bond donors (Lipinski definition) is 0. The largest absolute Gasteiger partial charge is 0.334 e. The highest BCUT2D eigenvalue weighted by Gasteiger charge is 2.36. The van der Waals surface area contributed by atoms with Gasteiger partial charge in [-0.05, 0) is 51.3 Å². The van der Waals surface area contributed by atoms with Gasteiger partial charge in [0, 0.05) is 31.1 Å². The van der Waals surface area contributed by atoms with E-state index in [1.807, 2.05) is 25.1 Å². The van der Waals surface area contributed by atoms with E-state index in [0.717, 1.165) is 53.8 Å². The van der Waals surface area contributed by atoms with Gasteiger partial charge in [0.2, 0.25) is 0 Å². The molecule has 24 heavy (non-hydrogen) atoms. The topological polar surface area (TPSA) is 36.4 Å². The molecule has 3 fully saturated rings. The predicted octanol–water partition coefficient (Wildman–Crippen LogP) is 3.02. The minimum atomic E-state index is 0.161. The number of likely N-dealkylation sites (N-methyl/N-ethyl adjacent to an activating group) is 1. The van der Waals surface area contributed by atoms with Gasteiger partial charge < -0.3 is 9.80 Å². The molecular formula is C20H25N3O. The maximum absolute atomic E-state index is 13.3. The molecule has 0 radical (unpaired) electrons. The van der Waals surface area contributed by atoms with E-state index in [9.17, 15) is 4.79 Å². The first kappa shape index (κ1) is 15.6. The summed E-state index contributed by atoms with van der Waals surface area (Å²) in [6, 6.07) is 8.53. The van der Waals surface area contributed by atoms with Crippen LogP contribution in [0, 0.1) is 19.8 Å². The van der Waals surface area contributed by atoms with Crippen LogP contribution in [0.15, 0.2) is 24.3 Å². The first-order valence-electron chi connectivity index (χ1n) is 8.89. The van der Waals surface area contributed by atoms with Crippen molar-refractivity contribution in [3.05, 3.63) is 41.1 Å². The Hall–Kier alpha value is -1.94. The van der Waals surface area contributed by atoms with E-state index in [-0.39, 0.29) is 5.91 Å². The normalized spacial score (nSPS) is 24.4. The van der Waals surface area contributed by atoms with Crippen LogP contribution in [0.2, 0.25) is 0 Å². The van der Waals surface area contributed by atoms with Crippen LogP contribution in [0.25, 0.3) is 10.9 Å². The lowest BCUT2D eigenvalue weighted by atomic mass is 9.94. The molecule has 3 saturated heterocycles. The Labute approximate surface area is 143 Å². The number of amides is 1. The monoisotopic (exact) mass is 323 g/mol. The first-order valence-corrected chi connectivity index (χ1v) is 8.89. The van der Waals surface area contributed by atoms with Crippen molar-refractivity contribution in [3.63, 3.8) is 0 Å². The maximum Gasteiger partial charge on any atom is 0.256 e. The molecule has 3 aliphatic rings. The van der Waals surface area contributed by atoms with Crippen molar-refractivity contribution in [1.82, 2.24) is 14.8 Å². The highest BCUT2D eigenvalue weighted by Crippen LogP contribution is 2.29. The molecule has 1 amide bonds. The quantitative estimate of drug-likeness (QED) is 0.809. The van der Waals surface area contributed by atoms with Crippen molar-refractivity contribution < 1.29 is 4.79 Å². The Kier molecular flexibility index (Phi) is 3.80. The van der Waals surface area contributed by atoms with E-state index in [0.29, 0.717) is 12.0 Å². The molecule has 3 aliphatic heterocycles. The second kappa shape index (κ2) is 5.85.